The second-order valence-electron chi connectivity index (χ2n) is 7.59. The van der Waals surface area contributed by atoms with Gasteiger partial charge in [0.1, 0.15) is 0 Å². The lowest BCUT2D eigenvalue weighted by molar-refractivity contribution is 0.0785. The molecule has 0 radical (unpaired) electrons. The number of benzene rings is 2. The molecule has 3 aromatic rings. The molecule has 0 spiro atoms. The lowest BCUT2D eigenvalue weighted by atomic mass is 10.1. The zero-order valence-electron chi connectivity index (χ0n) is 17.6. The second-order valence-corrected chi connectivity index (χ2v) is 9.68. The Labute approximate surface area is 207 Å². The third-order valence-corrected chi connectivity index (χ3v) is 6.97. The third kappa shape index (κ3) is 5.10. The van der Waals surface area contributed by atoms with E-state index in [2.05, 4.69) is 5.43 Å². The Bertz CT molecular complexity index is 1110. The fraction of sp³-hybridized carbons (Fsp3) is 0.304. The summed E-state index contributed by atoms with van der Waals surface area (Å²) in [7, 11) is 0. The minimum Gasteiger partial charge on any atom is -0.283 e. The monoisotopic (exact) mass is 508 g/mol. The number of nitrogens with zero attached hydrogens (tertiary/aromatic N) is 3. The molecular formula is C23H23Cl3N4OS. The van der Waals surface area contributed by atoms with Crippen LogP contribution < -0.4 is 5.43 Å². The van der Waals surface area contributed by atoms with E-state index >= 15 is 0 Å². The number of carbonyl (C=O) groups excluding carboxylic acids is 1. The van der Waals surface area contributed by atoms with Crippen LogP contribution in [0.2, 0.25) is 15.1 Å². The van der Waals surface area contributed by atoms with E-state index in [1.165, 1.54) is 24.6 Å². The van der Waals surface area contributed by atoms with Gasteiger partial charge in [-0.15, -0.1) is 11.8 Å². The molecule has 1 amide bonds. The Kier molecular flexibility index (Phi) is 7.69. The minimum atomic E-state index is -0.227. The number of carbonyl (C=O) groups is 1. The van der Waals surface area contributed by atoms with Crippen molar-refractivity contribution in [1.82, 2.24) is 20.2 Å². The van der Waals surface area contributed by atoms with Gasteiger partial charge in [-0.2, -0.15) is 5.10 Å². The summed E-state index contributed by atoms with van der Waals surface area (Å²) in [5, 5.41) is 8.33. The number of halogens is 3. The summed E-state index contributed by atoms with van der Waals surface area (Å²) in [5.74, 6) is -0.227. The van der Waals surface area contributed by atoms with E-state index in [0.29, 0.717) is 26.4 Å². The van der Waals surface area contributed by atoms with Gasteiger partial charge in [0, 0.05) is 28.7 Å². The molecule has 1 N–H and O–H groups in total. The standard InChI is InChI=1S/C23H23Cl3N4OS/c1-32-22-20(23(31)28-29-12-4-2-3-5-13-29)27-30(19-11-10-17(25)14-18(19)26)21(22)15-6-8-16(24)9-7-15/h6-11,14H,2-5,12-13H2,1H3,(H,28,31). The van der Waals surface area contributed by atoms with Crippen molar-refractivity contribution < 1.29 is 4.79 Å². The highest BCUT2D eigenvalue weighted by atomic mass is 35.5. The van der Waals surface area contributed by atoms with Gasteiger partial charge in [0.15, 0.2) is 5.69 Å². The normalized spacial score (nSPS) is 14.9. The van der Waals surface area contributed by atoms with Gasteiger partial charge < -0.3 is 0 Å². The number of hydrazine groups is 1. The molecule has 2 aromatic carbocycles. The molecule has 2 heterocycles. The number of thioether (sulfide) groups is 1. The van der Waals surface area contributed by atoms with Gasteiger partial charge in [0.05, 0.1) is 21.3 Å². The predicted octanol–water partition coefficient (Wildman–Crippen LogP) is 6.74. The molecular weight excluding hydrogens is 487 g/mol. The van der Waals surface area contributed by atoms with Crippen molar-refractivity contribution in [2.45, 2.75) is 30.6 Å². The summed E-state index contributed by atoms with van der Waals surface area (Å²) < 4.78 is 1.71. The first kappa shape index (κ1) is 23.5. The van der Waals surface area contributed by atoms with E-state index in [-0.39, 0.29) is 5.91 Å². The molecule has 9 heteroatoms. The molecule has 0 saturated carbocycles. The van der Waals surface area contributed by atoms with E-state index in [1.54, 1.807) is 22.9 Å². The Morgan fingerprint density at radius 1 is 0.969 bits per heavy atom. The molecule has 1 saturated heterocycles. The average molecular weight is 510 g/mol. The molecule has 32 heavy (non-hydrogen) atoms. The summed E-state index contributed by atoms with van der Waals surface area (Å²) in [6, 6.07) is 12.7. The molecule has 1 fully saturated rings. The summed E-state index contributed by atoms with van der Waals surface area (Å²) in [5.41, 5.74) is 5.72. The Morgan fingerprint density at radius 2 is 1.62 bits per heavy atom. The SMILES string of the molecule is CSc1c(C(=O)NN2CCCCCC2)nn(-c2ccc(Cl)cc2Cl)c1-c1ccc(Cl)cc1. The van der Waals surface area contributed by atoms with Crippen LogP contribution >= 0.6 is 46.6 Å². The van der Waals surface area contributed by atoms with Gasteiger partial charge in [-0.05, 0) is 49.4 Å². The second kappa shape index (κ2) is 10.5. The lowest BCUT2D eigenvalue weighted by Crippen LogP contribution is -2.43. The number of nitrogens with one attached hydrogen (secondary N) is 1. The highest BCUT2D eigenvalue weighted by Crippen LogP contribution is 2.37. The van der Waals surface area contributed by atoms with Crippen LogP contribution in [0, 0.1) is 0 Å². The van der Waals surface area contributed by atoms with E-state index < -0.39 is 0 Å². The van der Waals surface area contributed by atoms with E-state index in [9.17, 15) is 4.79 Å². The van der Waals surface area contributed by atoms with Crippen molar-refractivity contribution >= 4 is 52.5 Å². The zero-order chi connectivity index (χ0) is 22.7. The van der Waals surface area contributed by atoms with Gasteiger partial charge in [0.25, 0.3) is 5.91 Å². The van der Waals surface area contributed by atoms with Crippen LogP contribution in [0.3, 0.4) is 0 Å². The number of aromatic nitrogens is 2. The molecule has 168 valence electrons. The van der Waals surface area contributed by atoms with Crippen molar-refractivity contribution in [2.24, 2.45) is 0 Å². The topological polar surface area (TPSA) is 50.2 Å². The Balaban J connectivity index is 1.82. The Hall–Kier alpha value is -1.70. The maximum Gasteiger partial charge on any atom is 0.287 e. The van der Waals surface area contributed by atoms with E-state index in [1.807, 2.05) is 35.5 Å². The molecule has 1 aliphatic heterocycles. The summed E-state index contributed by atoms with van der Waals surface area (Å²) in [6.45, 7) is 1.68. The van der Waals surface area contributed by atoms with Crippen LogP contribution in [-0.4, -0.2) is 40.0 Å². The maximum absolute atomic E-state index is 13.3. The number of rotatable bonds is 5. The minimum absolute atomic E-state index is 0.227. The first-order chi connectivity index (χ1) is 15.5. The maximum atomic E-state index is 13.3. The fourth-order valence-electron chi connectivity index (χ4n) is 3.81. The highest BCUT2D eigenvalue weighted by Gasteiger charge is 2.26. The molecule has 4 rings (SSSR count). The molecule has 1 aliphatic rings. The number of hydrogen-bond acceptors (Lipinski definition) is 4. The van der Waals surface area contributed by atoms with E-state index in [0.717, 1.165) is 42.1 Å². The molecule has 5 nitrogen and oxygen atoms in total. The fourth-order valence-corrected chi connectivity index (χ4v) is 5.15. The lowest BCUT2D eigenvalue weighted by Gasteiger charge is -2.20. The zero-order valence-corrected chi connectivity index (χ0v) is 20.7. The van der Waals surface area contributed by atoms with Gasteiger partial charge in [-0.1, -0.05) is 59.8 Å². The Morgan fingerprint density at radius 3 is 2.25 bits per heavy atom. The number of hydrogen-bond donors (Lipinski definition) is 1. The van der Waals surface area contributed by atoms with Crippen molar-refractivity contribution in [2.75, 3.05) is 19.3 Å². The molecule has 0 atom stereocenters. The molecule has 0 unspecified atom stereocenters. The van der Waals surface area contributed by atoms with Gasteiger partial charge in [-0.25, -0.2) is 9.69 Å². The largest absolute Gasteiger partial charge is 0.287 e. The highest BCUT2D eigenvalue weighted by molar-refractivity contribution is 7.98. The van der Waals surface area contributed by atoms with Crippen molar-refractivity contribution in [3.8, 4) is 16.9 Å². The summed E-state index contributed by atoms with van der Waals surface area (Å²) >= 11 is 20.2. The first-order valence-electron chi connectivity index (χ1n) is 10.4. The smallest absolute Gasteiger partial charge is 0.283 e. The van der Waals surface area contributed by atoms with Crippen molar-refractivity contribution in [3.63, 3.8) is 0 Å². The predicted molar refractivity (Wildman–Crippen MR) is 133 cm³/mol. The molecule has 1 aromatic heterocycles. The van der Waals surface area contributed by atoms with Crippen molar-refractivity contribution in [1.29, 1.82) is 0 Å². The van der Waals surface area contributed by atoms with Gasteiger partial charge in [-0.3, -0.25) is 10.2 Å². The number of amides is 1. The first-order valence-corrected chi connectivity index (χ1v) is 12.8. The van der Waals surface area contributed by atoms with Crippen LogP contribution in [0.1, 0.15) is 36.2 Å². The summed E-state index contributed by atoms with van der Waals surface area (Å²) in [4.78, 5) is 14.1. The van der Waals surface area contributed by atoms with E-state index in [4.69, 9.17) is 39.9 Å². The third-order valence-electron chi connectivity index (χ3n) is 5.38. The quantitative estimate of drug-likeness (QED) is 0.387. The van der Waals surface area contributed by atoms with Crippen LogP contribution in [0.15, 0.2) is 47.4 Å². The van der Waals surface area contributed by atoms with Crippen LogP contribution in [0.25, 0.3) is 16.9 Å². The van der Waals surface area contributed by atoms with Crippen LogP contribution in [-0.2, 0) is 0 Å². The molecule has 0 aliphatic carbocycles. The van der Waals surface area contributed by atoms with Crippen LogP contribution in [0.4, 0.5) is 0 Å². The average Bonchev–Trinajstić information content (AvgIpc) is 2.96. The van der Waals surface area contributed by atoms with Crippen LogP contribution in [0.5, 0.6) is 0 Å². The molecule has 0 bridgehead atoms. The van der Waals surface area contributed by atoms with Gasteiger partial charge >= 0.3 is 0 Å². The van der Waals surface area contributed by atoms with Crippen molar-refractivity contribution in [3.05, 3.63) is 63.2 Å². The summed E-state index contributed by atoms with van der Waals surface area (Å²) in [6.07, 6.45) is 6.45. The van der Waals surface area contributed by atoms with Gasteiger partial charge in [0.2, 0.25) is 0 Å².